The van der Waals surface area contributed by atoms with Crippen LogP contribution in [0, 0.1) is 0 Å². The van der Waals surface area contributed by atoms with Crippen molar-refractivity contribution in [1.29, 1.82) is 0 Å². The van der Waals surface area contributed by atoms with Crippen LogP contribution in [-0.4, -0.2) is 16.7 Å². The Morgan fingerprint density at radius 3 is 2.54 bits per heavy atom. The predicted molar refractivity (Wildman–Crippen MR) is 102 cm³/mol. The second-order valence-electron chi connectivity index (χ2n) is 6.25. The molecule has 0 spiro atoms. The Morgan fingerprint density at radius 1 is 1.04 bits per heavy atom. The Kier molecular flexibility index (Phi) is 5.86. The Hall–Kier alpha value is -2.86. The molecule has 0 atom stereocenters. The van der Waals surface area contributed by atoms with Crippen LogP contribution in [0.5, 0.6) is 0 Å². The van der Waals surface area contributed by atoms with Gasteiger partial charge in [-0.1, -0.05) is 42.8 Å². The normalized spacial score (nSPS) is 11.0. The molecule has 0 unspecified atom stereocenters. The van der Waals surface area contributed by atoms with Gasteiger partial charge in [0.1, 0.15) is 11.6 Å². The number of ether oxygens (including phenoxy) is 1. The van der Waals surface area contributed by atoms with Crippen molar-refractivity contribution in [3.05, 3.63) is 59.3 Å². The van der Waals surface area contributed by atoms with Gasteiger partial charge in [0.05, 0.1) is 17.9 Å². The zero-order valence-corrected chi connectivity index (χ0v) is 14.9. The van der Waals surface area contributed by atoms with Gasteiger partial charge >= 0.3 is 0 Å². The van der Waals surface area contributed by atoms with Crippen LogP contribution in [0.25, 0.3) is 11.3 Å². The average molecular weight is 352 g/mol. The summed E-state index contributed by atoms with van der Waals surface area (Å²) < 4.78 is 11.0. The molecule has 2 aromatic heterocycles. The van der Waals surface area contributed by atoms with E-state index in [1.165, 1.54) is 5.56 Å². The minimum absolute atomic E-state index is 0.333. The van der Waals surface area contributed by atoms with E-state index in [0.717, 1.165) is 30.7 Å². The van der Waals surface area contributed by atoms with Crippen molar-refractivity contribution in [2.75, 3.05) is 18.1 Å². The molecule has 136 valence electrons. The summed E-state index contributed by atoms with van der Waals surface area (Å²) in [5.41, 5.74) is 15.4. The van der Waals surface area contributed by atoms with Gasteiger partial charge in [-0.15, -0.1) is 0 Å². The molecule has 1 aromatic carbocycles. The molecule has 0 saturated carbocycles. The lowest BCUT2D eigenvalue weighted by molar-refractivity contribution is 0.118. The van der Waals surface area contributed by atoms with Gasteiger partial charge in [-0.25, -0.2) is 4.98 Å². The highest BCUT2D eigenvalue weighted by atomic mass is 16.5. The zero-order chi connectivity index (χ0) is 18.4. The number of unbranched alkanes of at least 4 members (excludes halogenated alkanes) is 1. The summed E-state index contributed by atoms with van der Waals surface area (Å²) in [6.07, 6.45) is 2.93. The van der Waals surface area contributed by atoms with Crippen molar-refractivity contribution >= 4 is 11.6 Å². The van der Waals surface area contributed by atoms with Gasteiger partial charge in [-0.05, 0) is 29.7 Å². The van der Waals surface area contributed by atoms with Crippen LogP contribution in [0.15, 0.2) is 47.0 Å². The van der Waals surface area contributed by atoms with Crippen LogP contribution in [-0.2, 0) is 17.8 Å². The highest BCUT2D eigenvalue weighted by Crippen LogP contribution is 2.26. The first-order valence-electron chi connectivity index (χ1n) is 8.79. The summed E-state index contributed by atoms with van der Waals surface area (Å²) in [4.78, 5) is 4.04. The number of aromatic nitrogens is 2. The molecular weight excluding hydrogens is 328 g/mol. The topological polar surface area (TPSA) is 100 Å². The first-order chi connectivity index (χ1) is 12.7. The lowest BCUT2D eigenvalue weighted by Gasteiger charge is -2.04. The van der Waals surface area contributed by atoms with Crippen LogP contribution in [0.1, 0.15) is 36.6 Å². The molecular formula is C20H24N4O2. The molecule has 0 fully saturated rings. The van der Waals surface area contributed by atoms with Gasteiger partial charge in [0.25, 0.3) is 0 Å². The molecule has 2 heterocycles. The molecule has 6 nitrogen and oxygen atoms in total. The molecule has 0 radical (unpaired) electrons. The van der Waals surface area contributed by atoms with Gasteiger partial charge in [-0.3, -0.25) is 0 Å². The molecule has 6 heteroatoms. The smallest absolute Gasteiger partial charge is 0.170 e. The first-order valence-corrected chi connectivity index (χ1v) is 8.79. The van der Waals surface area contributed by atoms with Gasteiger partial charge < -0.3 is 20.7 Å². The van der Waals surface area contributed by atoms with Crippen molar-refractivity contribution in [2.45, 2.75) is 32.8 Å². The number of nitrogens with zero attached hydrogens (tertiary/aromatic N) is 2. The summed E-state index contributed by atoms with van der Waals surface area (Å²) in [6.45, 7) is 3.62. The number of nitrogens with two attached hydrogens (primary N) is 2. The van der Waals surface area contributed by atoms with Crippen LogP contribution in [0.2, 0.25) is 0 Å². The van der Waals surface area contributed by atoms with E-state index in [1.54, 1.807) is 12.1 Å². The Balaban J connectivity index is 1.62. The predicted octanol–water partition coefficient (Wildman–Crippen LogP) is 3.81. The summed E-state index contributed by atoms with van der Waals surface area (Å²) in [5.74, 6) is 1.30. The summed E-state index contributed by atoms with van der Waals surface area (Å²) in [5, 5.41) is 4.13. The van der Waals surface area contributed by atoms with Crippen LogP contribution >= 0.6 is 0 Å². The minimum atomic E-state index is 0.333. The molecule has 0 amide bonds. The second kappa shape index (κ2) is 8.49. The van der Waals surface area contributed by atoms with E-state index in [9.17, 15) is 0 Å². The number of anilines is 2. The monoisotopic (exact) mass is 352 g/mol. The van der Waals surface area contributed by atoms with Crippen molar-refractivity contribution < 1.29 is 9.26 Å². The minimum Gasteiger partial charge on any atom is -0.384 e. The molecule has 4 N–H and O–H groups in total. The fourth-order valence-corrected chi connectivity index (χ4v) is 2.62. The lowest BCUT2D eigenvalue weighted by atomic mass is 10.1. The highest BCUT2D eigenvalue weighted by molar-refractivity contribution is 5.71. The average Bonchev–Trinajstić information content (AvgIpc) is 3.08. The maximum Gasteiger partial charge on any atom is 0.170 e. The number of hydrogen-bond acceptors (Lipinski definition) is 6. The van der Waals surface area contributed by atoms with Gasteiger partial charge in [0.2, 0.25) is 0 Å². The quantitative estimate of drug-likeness (QED) is 0.598. The highest BCUT2D eigenvalue weighted by Gasteiger charge is 2.11. The maximum absolute atomic E-state index is 5.90. The number of benzene rings is 1. The van der Waals surface area contributed by atoms with E-state index in [0.29, 0.717) is 36.0 Å². The second-order valence-corrected chi connectivity index (χ2v) is 6.25. The molecule has 0 aliphatic rings. The molecule has 0 saturated heterocycles. The van der Waals surface area contributed by atoms with Crippen molar-refractivity contribution in [2.24, 2.45) is 0 Å². The zero-order valence-electron chi connectivity index (χ0n) is 14.9. The van der Waals surface area contributed by atoms with Crippen LogP contribution in [0.4, 0.5) is 11.6 Å². The summed E-state index contributed by atoms with van der Waals surface area (Å²) >= 11 is 0. The van der Waals surface area contributed by atoms with Crippen LogP contribution < -0.4 is 11.5 Å². The Labute approximate surface area is 153 Å². The molecule has 0 aliphatic heterocycles. The van der Waals surface area contributed by atoms with Crippen molar-refractivity contribution in [3.63, 3.8) is 0 Å². The van der Waals surface area contributed by atoms with Crippen molar-refractivity contribution in [3.8, 4) is 11.3 Å². The standard InChI is InChI=1S/C20H24N4O2/c1-2-3-10-25-13-15-6-4-14(5-7-15)11-16-12-18(26-24-16)17-8-9-19(21)23-20(17)22/h4-9,12H,2-3,10-11,13H2,1H3,(H4,21,22,23). The number of hydrogen-bond donors (Lipinski definition) is 2. The van der Waals surface area contributed by atoms with E-state index < -0.39 is 0 Å². The van der Waals surface area contributed by atoms with Gasteiger partial charge in [0, 0.05) is 19.1 Å². The van der Waals surface area contributed by atoms with E-state index in [4.69, 9.17) is 20.7 Å². The number of pyridine rings is 1. The third-order valence-electron chi connectivity index (χ3n) is 4.09. The van der Waals surface area contributed by atoms with Gasteiger partial charge in [-0.2, -0.15) is 0 Å². The SMILES string of the molecule is CCCCOCc1ccc(Cc2cc(-c3ccc(N)nc3N)on2)cc1. The number of nitrogen functional groups attached to an aromatic ring is 2. The lowest BCUT2D eigenvalue weighted by Crippen LogP contribution is -1.97. The van der Waals surface area contributed by atoms with E-state index in [2.05, 4.69) is 41.3 Å². The Morgan fingerprint density at radius 2 is 1.81 bits per heavy atom. The summed E-state index contributed by atoms with van der Waals surface area (Å²) in [6, 6.07) is 13.7. The van der Waals surface area contributed by atoms with Gasteiger partial charge in [0.15, 0.2) is 5.76 Å². The van der Waals surface area contributed by atoms with E-state index >= 15 is 0 Å². The van der Waals surface area contributed by atoms with Crippen LogP contribution in [0.3, 0.4) is 0 Å². The molecule has 3 rings (SSSR count). The number of rotatable bonds is 8. The molecule has 0 aliphatic carbocycles. The fourth-order valence-electron chi connectivity index (χ4n) is 2.62. The third-order valence-corrected chi connectivity index (χ3v) is 4.09. The first kappa shape index (κ1) is 17.9. The van der Waals surface area contributed by atoms with E-state index in [1.807, 2.05) is 6.07 Å². The third kappa shape index (κ3) is 4.61. The van der Waals surface area contributed by atoms with Crippen molar-refractivity contribution in [1.82, 2.24) is 10.1 Å². The van der Waals surface area contributed by atoms with E-state index in [-0.39, 0.29) is 0 Å². The Bertz CT molecular complexity index is 843. The fraction of sp³-hybridized carbons (Fsp3) is 0.300. The molecule has 0 bridgehead atoms. The largest absolute Gasteiger partial charge is 0.384 e. The summed E-state index contributed by atoms with van der Waals surface area (Å²) in [7, 11) is 0. The molecule has 26 heavy (non-hydrogen) atoms. The molecule has 3 aromatic rings. The maximum atomic E-state index is 5.90.